The summed E-state index contributed by atoms with van der Waals surface area (Å²) in [4.78, 5) is 0. The van der Waals surface area contributed by atoms with Gasteiger partial charge >= 0.3 is 0 Å². The van der Waals surface area contributed by atoms with Gasteiger partial charge in [0.1, 0.15) is 0 Å². The van der Waals surface area contributed by atoms with Crippen molar-refractivity contribution < 1.29 is 0 Å². The molecule has 0 aromatic rings. The van der Waals surface area contributed by atoms with Gasteiger partial charge in [0.05, 0.1) is 0 Å². The van der Waals surface area contributed by atoms with Crippen LogP contribution in [-0.4, -0.2) is 19.0 Å². The molecule has 0 N–H and O–H groups in total. The lowest BCUT2D eigenvalue weighted by atomic mass is 10.3. The molecule has 1 aliphatic heterocycles. The van der Waals surface area contributed by atoms with E-state index in [1.807, 2.05) is 0 Å². The number of hydrogen-bond donors (Lipinski definition) is 0. The lowest BCUT2D eigenvalue weighted by molar-refractivity contribution is 0.761. The van der Waals surface area contributed by atoms with E-state index in [2.05, 4.69) is 0 Å². The monoisotopic (exact) mass is 144 g/mol. The van der Waals surface area contributed by atoms with Gasteiger partial charge in [-0.3, -0.25) is 0 Å². The minimum atomic E-state index is 0.513. The first-order chi connectivity index (χ1) is 4.00. The van der Waals surface area contributed by atoms with Gasteiger partial charge in [0.2, 0.25) is 0 Å². The Labute approximate surface area is 56.7 Å². The molecule has 0 amide bonds. The Morgan fingerprint density at radius 2 is 1.38 bits per heavy atom. The van der Waals surface area contributed by atoms with Crippen LogP contribution in [0.25, 0.3) is 0 Å². The summed E-state index contributed by atoms with van der Waals surface area (Å²) in [5, 5.41) is 0. The van der Waals surface area contributed by atoms with Crippen LogP contribution in [0.15, 0.2) is 0 Å². The van der Waals surface area contributed by atoms with Gasteiger partial charge in [-0.1, -0.05) is 37.0 Å². The average Bonchev–Trinajstić information content (AvgIpc) is 1.62. The fourth-order valence-corrected chi connectivity index (χ4v) is 7.07. The summed E-state index contributed by atoms with van der Waals surface area (Å²) in [5.74, 6) is 0. The quantitative estimate of drug-likeness (QED) is 0.440. The lowest BCUT2D eigenvalue weighted by Crippen LogP contribution is -2.00. The van der Waals surface area contributed by atoms with Crippen molar-refractivity contribution >= 4 is 19.0 Å². The Morgan fingerprint density at radius 1 is 0.750 bits per heavy atom. The maximum atomic E-state index is 1.78. The topological polar surface area (TPSA) is 0 Å². The molecule has 1 aliphatic rings. The predicted octanol–water partition coefficient (Wildman–Crippen LogP) is 0.720. The van der Waals surface area contributed by atoms with E-state index >= 15 is 0 Å². The molecule has 0 unspecified atom stereocenters. The Balaban J connectivity index is 2.00. The zero-order valence-electron chi connectivity index (χ0n) is 5.66. The van der Waals surface area contributed by atoms with Gasteiger partial charge in [-0.25, -0.2) is 0 Å². The highest BCUT2D eigenvalue weighted by Crippen LogP contribution is 2.07. The molecule has 1 fully saturated rings. The predicted molar refractivity (Wildman–Crippen MR) is 45.4 cm³/mol. The summed E-state index contributed by atoms with van der Waals surface area (Å²) in [7, 11) is 1.03. The van der Waals surface area contributed by atoms with Gasteiger partial charge in [-0.05, 0) is 0 Å². The molecule has 2 heteroatoms. The van der Waals surface area contributed by atoms with E-state index in [1.165, 1.54) is 0 Å². The van der Waals surface area contributed by atoms with E-state index in [0.717, 1.165) is 0 Å². The molecule has 1 rings (SSSR count). The zero-order chi connectivity index (χ0) is 5.66. The second-order valence-corrected chi connectivity index (χ2v) is 8.49. The van der Waals surface area contributed by atoms with Crippen LogP contribution in [0.3, 0.4) is 0 Å². The molecule has 0 radical (unpaired) electrons. The van der Waals surface area contributed by atoms with Crippen LogP contribution in [0.1, 0.15) is 19.3 Å². The summed E-state index contributed by atoms with van der Waals surface area (Å²) in [5.41, 5.74) is 1.78. The number of rotatable bonds is 0. The summed E-state index contributed by atoms with van der Waals surface area (Å²) >= 11 is 0. The first-order valence-electron chi connectivity index (χ1n) is 4.00. The summed E-state index contributed by atoms with van der Waals surface area (Å²) in [6.45, 7) is 0. The molecule has 0 bridgehead atoms. The Bertz CT molecular complexity index is 30.5. The molecular weight excluding hydrogens is 128 g/mol. The summed E-state index contributed by atoms with van der Waals surface area (Å²) in [6, 6.07) is 3.35. The molecular formula is C6H16Si2. The molecule has 8 heavy (non-hydrogen) atoms. The largest absolute Gasteiger partial charge is 0.0721 e. The Hall–Kier alpha value is 0.434. The molecule has 0 saturated carbocycles. The standard InChI is InChI=1S/C6H16Si2/c1-2-4-7-6-8-5-3-1/h1-8H2. The molecule has 0 aromatic carbocycles. The first-order valence-corrected chi connectivity index (χ1v) is 8.00. The van der Waals surface area contributed by atoms with Gasteiger partial charge in [0.15, 0.2) is 0 Å². The molecule has 0 aliphatic carbocycles. The first kappa shape index (κ1) is 6.55. The maximum Gasteiger partial charge on any atom is 0.0166 e. The van der Waals surface area contributed by atoms with Crippen LogP contribution in [0.5, 0.6) is 0 Å². The molecule has 0 spiro atoms. The van der Waals surface area contributed by atoms with Crippen molar-refractivity contribution in [1.82, 2.24) is 0 Å². The highest BCUT2D eigenvalue weighted by atomic mass is 28.3. The lowest BCUT2D eigenvalue weighted by Gasteiger charge is -2.04. The van der Waals surface area contributed by atoms with Crippen LogP contribution >= 0.6 is 0 Å². The third kappa shape index (κ3) is 2.67. The molecule has 0 atom stereocenters. The fourth-order valence-electron chi connectivity index (χ4n) is 1.41. The van der Waals surface area contributed by atoms with Crippen molar-refractivity contribution in [3.8, 4) is 0 Å². The summed E-state index contributed by atoms with van der Waals surface area (Å²) < 4.78 is 0. The second-order valence-electron chi connectivity index (χ2n) is 2.83. The van der Waals surface area contributed by atoms with Crippen LogP contribution in [-0.2, 0) is 0 Å². The normalized spacial score (nSPS) is 30.0. The molecule has 48 valence electrons. The molecule has 1 heterocycles. The van der Waals surface area contributed by atoms with E-state index in [-0.39, 0.29) is 0 Å². The third-order valence-corrected chi connectivity index (χ3v) is 8.00. The van der Waals surface area contributed by atoms with E-state index < -0.39 is 0 Å². The van der Waals surface area contributed by atoms with Crippen molar-refractivity contribution in [1.29, 1.82) is 0 Å². The average molecular weight is 144 g/mol. The van der Waals surface area contributed by atoms with Gasteiger partial charge in [0, 0.05) is 19.0 Å². The van der Waals surface area contributed by atoms with Crippen LogP contribution in [0.2, 0.25) is 17.8 Å². The van der Waals surface area contributed by atoms with E-state index in [4.69, 9.17) is 0 Å². The van der Waals surface area contributed by atoms with Gasteiger partial charge in [0.25, 0.3) is 0 Å². The van der Waals surface area contributed by atoms with Crippen LogP contribution in [0.4, 0.5) is 0 Å². The Morgan fingerprint density at radius 3 is 2.00 bits per heavy atom. The molecule has 1 saturated heterocycles. The minimum Gasteiger partial charge on any atom is -0.0721 e. The zero-order valence-corrected chi connectivity index (χ0v) is 8.49. The second kappa shape index (κ2) is 4.33. The summed E-state index contributed by atoms with van der Waals surface area (Å²) in [6.07, 6.45) is 4.74. The van der Waals surface area contributed by atoms with Crippen molar-refractivity contribution in [3.63, 3.8) is 0 Å². The Kier molecular flexibility index (Phi) is 3.54. The van der Waals surface area contributed by atoms with Crippen molar-refractivity contribution in [2.75, 3.05) is 0 Å². The highest BCUT2D eigenvalue weighted by Gasteiger charge is 1.96. The third-order valence-electron chi connectivity index (χ3n) is 2.00. The van der Waals surface area contributed by atoms with Gasteiger partial charge in [-0.15, -0.1) is 0 Å². The smallest absolute Gasteiger partial charge is 0.0166 e. The molecule has 0 nitrogen and oxygen atoms in total. The minimum absolute atomic E-state index is 0.513. The molecule has 0 aromatic heterocycles. The van der Waals surface area contributed by atoms with E-state index in [0.29, 0.717) is 19.0 Å². The van der Waals surface area contributed by atoms with Gasteiger partial charge < -0.3 is 0 Å². The maximum absolute atomic E-state index is 1.78. The van der Waals surface area contributed by atoms with Crippen molar-refractivity contribution in [2.24, 2.45) is 0 Å². The van der Waals surface area contributed by atoms with E-state index in [1.54, 1.807) is 37.0 Å². The number of hydrogen-bond acceptors (Lipinski definition) is 0. The van der Waals surface area contributed by atoms with Crippen molar-refractivity contribution in [3.05, 3.63) is 0 Å². The van der Waals surface area contributed by atoms with Crippen molar-refractivity contribution in [2.45, 2.75) is 37.0 Å². The van der Waals surface area contributed by atoms with Crippen LogP contribution < -0.4 is 0 Å². The van der Waals surface area contributed by atoms with Gasteiger partial charge in [-0.2, -0.15) is 0 Å². The van der Waals surface area contributed by atoms with Crippen LogP contribution in [0, 0.1) is 0 Å². The highest BCUT2D eigenvalue weighted by molar-refractivity contribution is 6.55. The SMILES string of the molecule is C1CC[SiH2]C[SiH2]CC1. The van der Waals surface area contributed by atoms with E-state index in [9.17, 15) is 0 Å². The fraction of sp³-hybridized carbons (Fsp3) is 1.00.